The van der Waals surface area contributed by atoms with Crippen LogP contribution in [0.4, 0.5) is 5.69 Å². The largest absolute Gasteiger partial charge is 0.353 e. The van der Waals surface area contributed by atoms with Crippen LogP contribution in [0.2, 0.25) is 5.02 Å². The lowest BCUT2D eigenvalue weighted by Gasteiger charge is -2.19. The van der Waals surface area contributed by atoms with Crippen LogP contribution in [-0.4, -0.2) is 21.0 Å². The summed E-state index contributed by atoms with van der Waals surface area (Å²) in [5, 5.41) is 11.1. The molecule has 8 heteroatoms. The number of nitrogens with one attached hydrogen (secondary N) is 2. The third-order valence-corrected chi connectivity index (χ3v) is 5.83. The van der Waals surface area contributed by atoms with Crippen molar-refractivity contribution in [2.24, 2.45) is 0 Å². The van der Waals surface area contributed by atoms with Gasteiger partial charge in [-0.15, -0.1) is 0 Å². The van der Waals surface area contributed by atoms with Crippen molar-refractivity contribution in [3.63, 3.8) is 0 Å². The van der Waals surface area contributed by atoms with E-state index < -0.39 is 0 Å². The molecule has 178 valence electrons. The van der Waals surface area contributed by atoms with Gasteiger partial charge in [-0.25, -0.2) is 0 Å². The number of aromatic nitrogens is 2. The van der Waals surface area contributed by atoms with Crippen molar-refractivity contribution in [1.29, 1.82) is 0 Å². The Bertz CT molecular complexity index is 1360. The first-order chi connectivity index (χ1) is 16.7. The highest BCUT2D eigenvalue weighted by Gasteiger charge is 2.15. The van der Waals surface area contributed by atoms with Crippen molar-refractivity contribution in [3.05, 3.63) is 100 Å². The number of ketones is 1. The molecule has 0 aliphatic rings. The molecule has 0 fully saturated rings. The number of hydrogen-bond donors (Lipinski definition) is 2. The minimum Gasteiger partial charge on any atom is -0.353 e. The van der Waals surface area contributed by atoms with Crippen molar-refractivity contribution >= 4 is 40.4 Å². The van der Waals surface area contributed by atoms with Crippen LogP contribution in [0.5, 0.6) is 0 Å². The summed E-state index contributed by atoms with van der Waals surface area (Å²) < 4.78 is 5.29. The molecule has 1 aromatic heterocycles. The number of hydrogen-bond acceptors (Lipinski definition) is 5. The lowest BCUT2D eigenvalue weighted by atomic mass is 9.86. The van der Waals surface area contributed by atoms with Crippen LogP contribution in [-0.2, 0) is 12.0 Å². The molecule has 0 radical (unpaired) electrons. The highest BCUT2D eigenvalue weighted by Crippen LogP contribution is 2.23. The Labute approximate surface area is 214 Å². The van der Waals surface area contributed by atoms with Gasteiger partial charge in [0.25, 0.3) is 0 Å². The van der Waals surface area contributed by atoms with Gasteiger partial charge in [0.15, 0.2) is 10.9 Å². The SMILES string of the molecule is CC(C)(C)c1ccc(C(=O)c2cccc(NC(=S)NCc3nc(-c4cccc(Cl)c4)no3)c2)cc1. The van der Waals surface area contributed by atoms with Gasteiger partial charge in [-0.2, -0.15) is 4.98 Å². The minimum atomic E-state index is -0.0487. The second-order valence-electron chi connectivity index (χ2n) is 9.07. The fraction of sp³-hybridized carbons (Fsp3) is 0.185. The zero-order valence-corrected chi connectivity index (χ0v) is 21.2. The molecule has 0 aliphatic heterocycles. The zero-order valence-electron chi connectivity index (χ0n) is 19.6. The highest BCUT2D eigenvalue weighted by molar-refractivity contribution is 7.80. The maximum Gasteiger partial charge on any atom is 0.246 e. The van der Waals surface area contributed by atoms with Crippen LogP contribution in [0.1, 0.15) is 48.1 Å². The Hall–Kier alpha value is -3.55. The zero-order chi connectivity index (χ0) is 25.0. The second-order valence-corrected chi connectivity index (χ2v) is 9.91. The van der Waals surface area contributed by atoms with E-state index in [9.17, 15) is 4.79 Å². The molecule has 2 N–H and O–H groups in total. The number of carbonyl (C=O) groups is 1. The molecule has 4 aromatic rings. The number of rotatable bonds is 6. The van der Waals surface area contributed by atoms with E-state index in [1.807, 2.05) is 48.5 Å². The molecule has 4 rings (SSSR count). The van der Waals surface area contributed by atoms with Crippen molar-refractivity contribution in [2.75, 3.05) is 5.32 Å². The number of nitrogens with zero attached hydrogens (tertiary/aromatic N) is 2. The topological polar surface area (TPSA) is 80.0 Å². The Balaban J connectivity index is 1.36. The average molecular weight is 505 g/mol. The number of benzene rings is 3. The summed E-state index contributed by atoms with van der Waals surface area (Å²) >= 11 is 11.4. The molecule has 1 heterocycles. The molecular weight excluding hydrogens is 480 g/mol. The molecule has 0 aliphatic carbocycles. The summed E-state index contributed by atoms with van der Waals surface area (Å²) in [6.07, 6.45) is 0. The fourth-order valence-electron chi connectivity index (χ4n) is 3.43. The van der Waals surface area contributed by atoms with Crippen LogP contribution in [0.25, 0.3) is 11.4 Å². The van der Waals surface area contributed by atoms with Gasteiger partial charge in [0, 0.05) is 27.4 Å². The first-order valence-electron chi connectivity index (χ1n) is 11.1. The van der Waals surface area contributed by atoms with Crippen molar-refractivity contribution in [2.45, 2.75) is 32.7 Å². The smallest absolute Gasteiger partial charge is 0.246 e. The van der Waals surface area contributed by atoms with Gasteiger partial charge < -0.3 is 15.2 Å². The number of anilines is 1. The third kappa shape index (κ3) is 6.32. The standard InChI is InChI=1S/C27H25ClN4O2S/c1-27(2,3)20-12-10-17(11-13-20)24(33)18-6-5-9-22(15-18)30-26(35)29-16-23-31-25(32-34-23)19-7-4-8-21(28)14-19/h4-15H,16H2,1-3H3,(H2,29,30,35). The Morgan fingerprint density at radius 3 is 2.46 bits per heavy atom. The van der Waals surface area contributed by atoms with Crippen LogP contribution in [0, 0.1) is 0 Å². The van der Waals surface area contributed by atoms with E-state index in [0.717, 1.165) is 5.56 Å². The monoisotopic (exact) mass is 504 g/mol. The van der Waals surface area contributed by atoms with E-state index in [4.69, 9.17) is 28.3 Å². The minimum absolute atomic E-state index is 0.0339. The Kier molecular flexibility index (Phi) is 7.28. The first kappa shape index (κ1) is 24.6. The number of thiocarbonyl (C=S) groups is 1. The van der Waals surface area contributed by atoms with Crippen LogP contribution in [0.15, 0.2) is 77.3 Å². The predicted molar refractivity (Wildman–Crippen MR) is 143 cm³/mol. The first-order valence-corrected chi connectivity index (χ1v) is 11.9. The number of halogens is 1. The maximum atomic E-state index is 13.0. The summed E-state index contributed by atoms with van der Waals surface area (Å²) in [6.45, 7) is 6.68. The Morgan fingerprint density at radius 1 is 1.00 bits per heavy atom. The van der Waals surface area contributed by atoms with Crippen molar-refractivity contribution in [1.82, 2.24) is 15.5 Å². The second kappa shape index (κ2) is 10.4. The molecule has 35 heavy (non-hydrogen) atoms. The molecule has 0 atom stereocenters. The number of carbonyl (C=O) groups excluding carboxylic acids is 1. The van der Waals surface area contributed by atoms with Gasteiger partial charge in [0.1, 0.15) is 0 Å². The van der Waals surface area contributed by atoms with Crippen LogP contribution in [0.3, 0.4) is 0 Å². The van der Waals surface area contributed by atoms with Crippen molar-refractivity contribution in [3.8, 4) is 11.4 Å². The lowest BCUT2D eigenvalue weighted by molar-refractivity contribution is 0.103. The van der Waals surface area contributed by atoms with Gasteiger partial charge in [-0.3, -0.25) is 4.79 Å². The molecule has 3 aromatic carbocycles. The van der Waals surface area contributed by atoms with Gasteiger partial charge in [0.2, 0.25) is 11.7 Å². The van der Waals surface area contributed by atoms with E-state index in [1.54, 1.807) is 24.3 Å². The molecule has 0 amide bonds. The predicted octanol–water partition coefficient (Wildman–Crippen LogP) is 6.41. The quantitative estimate of drug-likeness (QED) is 0.232. The van der Waals surface area contributed by atoms with Crippen LogP contribution < -0.4 is 10.6 Å². The van der Waals surface area contributed by atoms with Gasteiger partial charge in [-0.05, 0) is 47.5 Å². The van der Waals surface area contributed by atoms with E-state index in [1.165, 1.54) is 5.56 Å². The molecule has 0 bridgehead atoms. The summed E-state index contributed by atoms with van der Waals surface area (Å²) in [5.74, 6) is 0.782. The maximum absolute atomic E-state index is 13.0. The molecule has 0 saturated carbocycles. The third-order valence-electron chi connectivity index (χ3n) is 5.35. The van der Waals surface area contributed by atoms with Crippen LogP contribution >= 0.6 is 23.8 Å². The molecule has 0 spiro atoms. The van der Waals surface area contributed by atoms with E-state index >= 15 is 0 Å². The van der Waals surface area contributed by atoms with E-state index in [0.29, 0.717) is 38.7 Å². The fourth-order valence-corrected chi connectivity index (χ4v) is 3.81. The normalized spacial score (nSPS) is 11.2. The van der Waals surface area contributed by atoms with E-state index in [2.05, 4.69) is 41.5 Å². The molecule has 6 nitrogen and oxygen atoms in total. The van der Waals surface area contributed by atoms with Gasteiger partial charge in [0.05, 0.1) is 6.54 Å². The highest BCUT2D eigenvalue weighted by atomic mass is 35.5. The van der Waals surface area contributed by atoms with Gasteiger partial charge >= 0.3 is 0 Å². The summed E-state index contributed by atoms with van der Waals surface area (Å²) in [6, 6.07) is 22.2. The van der Waals surface area contributed by atoms with Gasteiger partial charge in [-0.1, -0.05) is 86.1 Å². The van der Waals surface area contributed by atoms with E-state index in [-0.39, 0.29) is 17.7 Å². The lowest BCUT2D eigenvalue weighted by Crippen LogP contribution is -2.28. The molecular formula is C27H25ClN4O2S. The summed E-state index contributed by atoms with van der Waals surface area (Å²) in [5.41, 5.74) is 3.90. The van der Waals surface area contributed by atoms with Crippen molar-refractivity contribution < 1.29 is 9.32 Å². The molecule has 0 saturated heterocycles. The Morgan fingerprint density at radius 2 is 1.74 bits per heavy atom. The summed E-state index contributed by atoms with van der Waals surface area (Å²) in [7, 11) is 0. The average Bonchev–Trinajstić information content (AvgIpc) is 3.31. The summed E-state index contributed by atoms with van der Waals surface area (Å²) in [4.78, 5) is 17.3. The molecule has 0 unspecified atom stereocenters.